The molecule has 0 aliphatic carbocycles. The summed E-state index contributed by atoms with van der Waals surface area (Å²) in [5.41, 5.74) is 2.21. The van der Waals surface area contributed by atoms with E-state index in [1.807, 2.05) is 48.5 Å². The zero-order chi connectivity index (χ0) is 17.8. The maximum absolute atomic E-state index is 12.8. The number of nitrogens with zero attached hydrogens (tertiary/aromatic N) is 1. The zero-order valence-electron chi connectivity index (χ0n) is 13.6. The lowest BCUT2D eigenvalue weighted by molar-refractivity contribution is -0.146. The molecule has 2 aromatic carbocycles. The number of thiocarbonyl (C=S) groups is 1. The van der Waals surface area contributed by atoms with Gasteiger partial charge in [0.25, 0.3) is 0 Å². The Morgan fingerprint density at radius 1 is 1.20 bits per heavy atom. The van der Waals surface area contributed by atoms with Gasteiger partial charge < -0.3 is 10.1 Å². The highest BCUT2D eigenvalue weighted by molar-refractivity contribution is 7.80. The number of nitrogens with one attached hydrogen (secondary N) is 1. The van der Waals surface area contributed by atoms with E-state index in [9.17, 15) is 4.79 Å². The van der Waals surface area contributed by atoms with Crippen molar-refractivity contribution in [2.24, 2.45) is 10.9 Å². The number of carbonyl (C=O) groups excluding carboxylic acids is 1. The van der Waals surface area contributed by atoms with E-state index < -0.39 is 12.0 Å². The predicted octanol–water partition coefficient (Wildman–Crippen LogP) is 3.94. The van der Waals surface area contributed by atoms with E-state index in [-0.39, 0.29) is 12.6 Å². The highest BCUT2D eigenvalue weighted by Crippen LogP contribution is 2.34. The Balaban J connectivity index is 2.12. The third-order valence-corrected chi connectivity index (χ3v) is 4.53. The fraction of sp³-hybridized carbons (Fsp3) is 0.211. The summed E-state index contributed by atoms with van der Waals surface area (Å²) in [6, 6.07) is 16.5. The lowest BCUT2D eigenvalue weighted by Gasteiger charge is -2.32. The lowest BCUT2D eigenvalue weighted by atomic mass is 9.84. The van der Waals surface area contributed by atoms with Crippen LogP contribution in [0.15, 0.2) is 59.6 Å². The molecule has 0 saturated carbocycles. The average molecular weight is 373 g/mol. The molecule has 1 heterocycles. The van der Waals surface area contributed by atoms with Crippen molar-refractivity contribution in [2.45, 2.75) is 13.0 Å². The van der Waals surface area contributed by atoms with Gasteiger partial charge in [-0.05, 0) is 36.3 Å². The van der Waals surface area contributed by atoms with Gasteiger partial charge in [-0.15, -0.1) is 0 Å². The molecule has 2 unspecified atom stereocenters. The van der Waals surface area contributed by atoms with Crippen LogP contribution >= 0.6 is 23.8 Å². The first-order valence-electron chi connectivity index (χ1n) is 7.97. The SMILES string of the molecule is CCOC(=O)C1C(c2ccccc2)=NC(=S)NC1c1ccccc1Cl. The van der Waals surface area contributed by atoms with Gasteiger partial charge in [-0.1, -0.05) is 60.1 Å². The van der Waals surface area contributed by atoms with Crippen LogP contribution in [0, 0.1) is 5.92 Å². The van der Waals surface area contributed by atoms with E-state index >= 15 is 0 Å². The Hall–Kier alpha value is -2.24. The van der Waals surface area contributed by atoms with Crippen molar-refractivity contribution in [1.82, 2.24) is 5.32 Å². The van der Waals surface area contributed by atoms with Crippen LogP contribution in [0.25, 0.3) is 0 Å². The predicted molar refractivity (Wildman–Crippen MR) is 103 cm³/mol. The van der Waals surface area contributed by atoms with Gasteiger partial charge in [0, 0.05) is 5.02 Å². The standard InChI is InChI=1S/C19H17ClN2O2S/c1-2-24-18(23)15-16(12-8-4-3-5-9-12)21-19(25)22-17(15)13-10-6-7-11-14(13)20/h3-11,15,17H,2H2,1H3,(H,22,25). The number of benzene rings is 2. The number of rotatable bonds is 4. The maximum Gasteiger partial charge on any atom is 0.317 e. The summed E-state index contributed by atoms with van der Waals surface area (Å²) in [6.07, 6.45) is 0. The molecule has 0 fully saturated rings. The van der Waals surface area contributed by atoms with Crippen molar-refractivity contribution < 1.29 is 9.53 Å². The van der Waals surface area contributed by atoms with Crippen molar-refractivity contribution in [3.63, 3.8) is 0 Å². The van der Waals surface area contributed by atoms with E-state index in [2.05, 4.69) is 10.3 Å². The van der Waals surface area contributed by atoms with Crippen LogP contribution in [0.3, 0.4) is 0 Å². The highest BCUT2D eigenvalue weighted by atomic mass is 35.5. The van der Waals surface area contributed by atoms with Gasteiger partial charge in [0.05, 0.1) is 18.4 Å². The van der Waals surface area contributed by atoms with Gasteiger partial charge in [-0.2, -0.15) is 0 Å². The van der Waals surface area contributed by atoms with Crippen LogP contribution in [0.5, 0.6) is 0 Å². The summed E-state index contributed by atoms with van der Waals surface area (Å²) in [6.45, 7) is 2.07. The molecule has 0 radical (unpaired) electrons. The van der Waals surface area contributed by atoms with Gasteiger partial charge in [0.1, 0.15) is 5.92 Å². The summed E-state index contributed by atoms with van der Waals surface area (Å²) in [4.78, 5) is 17.2. The topological polar surface area (TPSA) is 50.7 Å². The smallest absolute Gasteiger partial charge is 0.317 e. The molecule has 128 valence electrons. The third kappa shape index (κ3) is 3.72. The Kier molecular flexibility index (Phi) is 5.46. The van der Waals surface area contributed by atoms with Crippen LogP contribution in [0.1, 0.15) is 24.1 Å². The van der Waals surface area contributed by atoms with Gasteiger partial charge in [-0.25, -0.2) is 4.99 Å². The molecule has 6 heteroatoms. The van der Waals surface area contributed by atoms with Crippen molar-refractivity contribution in [3.8, 4) is 0 Å². The Morgan fingerprint density at radius 3 is 2.56 bits per heavy atom. The Bertz CT molecular complexity index is 823. The number of aliphatic imine (C=N–C) groups is 1. The fourth-order valence-corrected chi connectivity index (χ4v) is 3.38. The third-order valence-electron chi connectivity index (χ3n) is 3.98. The molecule has 1 aliphatic rings. The molecular formula is C19H17ClN2O2S. The van der Waals surface area contributed by atoms with Gasteiger partial charge >= 0.3 is 5.97 Å². The molecule has 0 aromatic heterocycles. The van der Waals surface area contributed by atoms with Gasteiger partial charge in [0.2, 0.25) is 0 Å². The molecule has 0 spiro atoms. The molecule has 0 amide bonds. The van der Waals surface area contributed by atoms with E-state index in [0.29, 0.717) is 15.8 Å². The van der Waals surface area contributed by atoms with Gasteiger partial charge in [-0.3, -0.25) is 4.79 Å². The van der Waals surface area contributed by atoms with E-state index in [4.69, 9.17) is 28.6 Å². The molecule has 4 nitrogen and oxygen atoms in total. The fourth-order valence-electron chi connectivity index (χ4n) is 2.90. The second-order valence-electron chi connectivity index (χ2n) is 5.54. The largest absolute Gasteiger partial charge is 0.465 e. The Labute approximate surface area is 156 Å². The van der Waals surface area contributed by atoms with Crippen LogP contribution in [0.4, 0.5) is 0 Å². The van der Waals surface area contributed by atoms with Crippen molar-refractivity contribution >= 4 is 40.6 Å². The van der Waals surface area contributed by atoms with E-state index in [0.717, 1.165) is 11.1 Å². The molecule has 3 rings (SSSR count). The summed E-state index contributed by atoms with van der Waals surface area (Å²) in [5, 5.41) is 4.01. The van der Waals surface area contributed by atoms with Crippen LogP contribution in [-0.2, 0) is 9.53 Å². The summed E-state index contributed by atoms with van der Waals surface area (Å²) in [5.74, 6) is -1.00. The molecular weight excluding hydrogens is 356 g/mol. The van der Waals surface area contributed by atoms with Crippen molar-refractivity contribution in [1.29, 1.82) is 0 Å². The highest BCUT2D eigenvalue weighted by Gasteiger charge is 2.40. The molecule has 2 atom stereocenters. The number of carbonyl (C=O) groups is 1. The summed E-state index contributed by atoms with van der Waals surface area (Å²) < 4.78 is 5.31. The minimum Gasteiger partial charge on any atom is -0.465 e. The van der Waals surface area contributed by atoms with Crippen molar-refractivity contribution in [3.05, 3.63) is 70.7 Å². The maximum atomic E-state index is 12.8. The zero-order valence-corrected chi connectivity index (χ0v) is 15.2. The van der Waals surface area contributed by atoms with Gasteiger partial charge in [0.15, 0.2) is 5.11 Å². The van der Waals surface area contributed by atoms with Crippen LogP contribution in [-0.4, -0.2) is 23.4 Å². The normalized spacial score (nSPS) is 19.8. The minimum absolute atomic E-state index is 0.289. The molecule has 0 saturated heterocycles. The quantitative estimate of drug-likeness (QED) is 0.652. The van der Waals surface area contributed by atoms with Crippen molar-refractivity contribution in [2.75, 3.05) is 6.61 Å². The number of esters is 1. The average Bonchev–Trinajstić information content (AvgIpc) is 2.62. The number of halogens is 1. The first kappa shape index (κ1) is 17.6. The monoisotopic (exact) mass is 372 g/mol. The summed E-state index contributed by atoms with van der Waals surface area (Å²) in [7, 11) is 0. The molecule has 2 aromatic rings. The lowest BCUT2D eigenvalue weighted by Crippen LogP contribution is -2.45. The molecule has 0 bridgehead atoms. The van der Waals surface area contributed by atoms with Crippen LogP contribution in [0.2, 0.25) is 5.02 Å². The molecule has 25 heavy (non-hydrogen) atoms. The summed E-state index contributed by atoms with van der Waals surface area (Å²) >= 11 is 11.7. The second-order valence-corrected chi connectivity index (χ2v) is 6.34. The second kappa shape index (κ2) is 7.76. The number of hydrogen-bond acceptors (Lipinski definition) is 3. The van der Waals surface area contributed by atoms with E-state index in [1.54, 1.807) is 13.0 Å². The molecule has 1 aliphatic heterocycles. The first-order valence-corrected chi connectivity index (χ1v) is 8.76. The number of hydrogen-bond donors (Lipinski definition) is 1. The minimum atomic E-state index is -0.644. The van der Waals surface area contributed by atoms with E-state index in [1.165, 1.54) is 0 Å². The van der Waals surface area contributed by atoms with Crippen LogP contribution < -0.4 is 5.32 Å². The molecule has 1 N–H and O–H groups in total. The number of ether oxygens (including phenoxy) is 1. The first-order chi connectivity index (χ1) is 12.1. The Morgan fingerprint density at radius 2 is 1.88 bits per heavy atom.